The third-order valence-corrected chi connectivity index (χ3v) is 6.61. The first-order chi connectivity index (χ1) is 17.9. The van der Waals surface area contributed by atoms with E-state index in [9.17, 15) is 4.79 Å². The van der Waals surface area contributed by atoms with Crippen molar-refractivity contribution in [3.05, 3.63) is 75.8 Å². The van der Waals surface area contributed by atoms with Gasteiger partial charge in [-0.25, -0.2) is 4.99 Å². The Hall–Kier alpha value is -3.79. The van der Waals surface area contributed by atoms with Gasteiger partial charge in [-0.05, 0) is 59.5 Å². The Morgan fingerprint density at radius 2 is 2.14 bits per heavy atom. The first-order valence-electron chi connectivity index (χ1n) is 12.1. The monoisotopic (exact) mass is 563 g/mol. The molecule has 1 aliphatic rings. The topological polar surface area (TPSA) is 117 Å². The average Bonchev–Trinajstić information content (AvgIpc) is 3.29. The fraction of sp³-hybridized carbons (Fsp3) is 0.296. The lowest BCUT2D eigenvalue weighted by Crippen LogP contribution is -2.39. The zero-order chi connectivity index (χ0) is 26.4. The molecule has 0 aliphatic carbocycles. The summed E-state index contributed by atoms with van der Waals surface area (Å²) >= 11 is 3.57. The maximum atomic E-state index is 13.5. The van der Waals surface area contributed by atoms with Gasteiger partial charge in [0.2, 0.25) is 5.96 Å². The van der Waals surface area contributed by atoms with E-state index in [0.717, 1.165) is 27.7 Å². The fourth-order valence-corrected chi connectivity index (χ4v) is 4.39. The van der Waals surface area contributed by atoms with Crippen LogP contribution in [0.3, 0.4) is 0 Å². The predicted octanol–water partition coefficient (Wildman–Crippen LogP) is 5.51. The molecule has 0 bridgehead atoms. The molecule has 1 amide bonds. The lowest BCUT2D eigenvalue weighted by molar-refractivity contribution is -0.117. The molecule has 3 aromatic rings. The summed E-state index contributed by atoms with van der Waals surface area (Å²) in [5.74, 6) is 0.547. The van der Waals surface area contributed by atoms with Crippen LogP contribution in [0.1, 0.15) is 45.7 Å². The number of aromatic nitrogens is 2. The van der Waals surface area contributed by atoms with Crippen LogP contribution in [0.25, 0.3) is 11.1 Å². The minimum Gasteiger partial charge on any atom is -0.423 e. The molecule has 0 fully saturated rings. The van der Waals surface area contributed by atoms with Crippen molar-refractivity contribution in [2.75, 3.05) is 11.9 Å². The molecule has 0 radical (unpaired) electrons. The Labute approximate surface area is 224 Å². The molecule has 3 heterocycles. The minimum atomic E-state index is -0.595. The number of rotatable bonds is 8. The summed E-state index contributed by atoms with van der Waals surface area (Å²) in [6.45, 7) is 8.27. The van der Waals surface area contributed by atoms with Crippen LogP contribution in [0.4, 0.5) is 6.01 Å². The van der Waals surface area contributed by atoms with Crippen molar-refractivity contribution < 1.29 is 9.21 Å². The van der Waals surface area contributed by atoms with E-state index in [2.05, 4.69) is 66.8 Å². The molecule has 10 heteroatoms. The van der Waals surface area contributed by atoms with Crippen LogP contribution in [-0.2, 0) is 4.79 Å². The second-order valence-electron chi connectivity index (χ2n) is 8.67. The van der Waals surface area contributed by atoms with Gasteiger partial charge in [0.15, 0.2) is 5.58 Å². The Kier molecular flexibility index (Phi) is 8.50. The third kappa shape index (κ3) is 6.32. The Balaban J connectivity index is 1.62. The average molecular weight is 564 g/mol. The molecule has 37 heavy (non-hydrogen) atoms. The summed E-state index contributed by atoms with van der Waals surface area (Å²) in [6, 6.07) is 9.06. The van der Waals surface area contributed by atoms with Gasteiger partial charge in [0, 0.05) is 28.8 Å². The van der Waals surface area contributed by atoms with Crippen molar-refractivity contribution in [3.8, 4) is 0 Å². The number of para-hydroxylation sites is 2. The first kappa shape index (κ1) is 26.3. The number of aliphatic imine (C=N–C) groups is 2. The quantitative estimate of drug-likeness (QED) is 0.311. The number of nitrogens with zero attached hydrogens (tertiary/aromatic N) is 4. The third-order valence-electron chi connectivity index (χ3n) is 5.95. The van der Waals surface area contributed by atoms with Gasteiger partial charge >= 0.3 is 6.01 Å². The van der Waals surface area contributed by atoms with Crippen LogP contribution in [0, 0.1) is 5.92 Å². The van der Waals surface area contributed by atoms with Crippen molar-refractivity contribution in [1.29, 1.82) is 0 Å². The van der Waals surface area contributed by atoms with E-state index in [1.165, 1.54) is 0 Å². The SMILES string of the molecule is CC=N/C(=C\C(C)CC)CNC(=O)C1=C(C)NC(Nc2nc3ccccc3o2)=NC1c1ccncc1Br. The number of hydrogen-bond donors (Lipinski definition) is 3. The highest BCUT2D eigenvalue weighted by atomic mass is 79.9. The van der Waals surface area contributed by atoms with Gasteiger partial charge in [-0.3, -0.25) is 20.1 Å². The van der Waals surface area contributed by atoms with Crippen LogP contribution in [-0.4, -0.2) is 34.6 Å². The van der Waals surface area contributed by atoms with Gasteiger partial charge in [0.05, 0.1) is 17.8 Å². The number of hydrogen-bond acceptors (Lipinski definition) is 8. The van der Waals surface area contributed by atoms with Crippen molar-refractivity contribution >= 4 is 51.1 Å². The standard InChI is InChI=1S/C27H30BrN7O2/c1-5-16(3)13-18(30-6-2)14-31-25(36)23-17(4)32-26(34-24(23)19-11-12-29-15-20(19)28)35-27-33-21-9-7-8-10-22(21)37-27/h6-13,15-16,24H,5,14H2,1-4H3,(H,31,36)(H2,32,33,34,35)/b18-13-,30-6?. The van der Waals surface area contributed by atoms with Gasteiger partial charge in [0.1, 0.15) is 11.6 Å². The van der Waals surface area contributed by atoms with Crippen molar-refractivity contribution in [1.82, 2.24) is 20.6 Å². The van der Waals surface area contributed by atoms with Crippen molar-refractivity contribution in [2.24, 2.45) is 15.9 Å². The maximum Gasteiger partial charge on any atom is 0.302 e. The zero-order valence-corrected chi connectivity index (χ0v) is 22.8. The highest BCUT2D eigenvalue weighted by Crippen LogP contribution is 2.34. The molecule has 3 N–H and O–H groups in total. The molecule has 1 aromatic carbocycles. The zero-order valence-electron chi connectivity index (χ0n) is 21.2. The molecule has 2 unspecified atom stereocenters. The molecule has 0 spiro atoms. The van der Waals surface area contributed by atoms with Gasteiger partial charge in [-0.15, -0.1) is 0 Å². The summed E-state index contributed by atoms with van der Waals surface area (Å²) in [7, 11) is 0. The van der Waals surface area contributed by atoms with Crippen LogP contribution in [0.15, 0.2) is 84.6 Å². The number of carbonyl (C=O) groups excluding carboxylic acids is 1. The molecule has 4 rings (SSSR count). The van der Waals surface area contributed by atoms with E-state index < -0.39 is 6.04 Å². The summed E-state index contributed by atoms with van der Waals surface area (Å²) in [4.78, 5) is 31.4. The molecule has 192 valence electrons. The number of allylic oxidation sites excluding steroid dienone is 2. The number of halogens is 1. The van der Waals surface area contributed by atoms with E-state index in [-0.39, 0.29) is 5.91 Å². The first-order valence-corrected chi connectivity index (χ1v) is 12.9. The number of guanidine groups is 1. The molecule has 2 aromatic heterocycles. The van der Waals surface area contributed by atoms with E-state index >= 15 is 0 Å². The fourth-order valence-electron chi connectivity index (χ4n) is 3.92. The summed E-state index contributed by atoms with van der Waals surface area (Å²) in [5, 5.41) is 9.33. The minimum absolute atomic E-state index is 0.232. The Bertz CT molecular complexity index is 1370. The van der Waals surface area contributed by atoms with Crippen LogP contribution >= 0.6 is 15.9 Å². The van der Waals surface area contributed by atoms with Gasteiger partial charge < -0.3 is 15.1 Å². The van der Waals surface area contributed by atoms with Crippen LogP contribution in [0.2, 0.25) is 0 Å². The number of carbonyl (C=O) groups is 1. The summed E-state index contributed by atoms with van der Waals surface area (Å²) in [6.07, 6.45) is 8.18. The number of nitrogens with one attached hydrogen (secondary N) is 3. The number of fused-ring (bicyclic) bond motifs is 1. The second kappa shape index (κ2) is 12.0. The molecule has 0 saturated heterocycles. The lowest BCUT2D eigenvalue weighted by atomic mass is 9.96. The summed E-state index contributed by atoms with van der Waals surface area (Å²) < 4.78 is 6.54. The Morgan fingerprint density at radius 1 is 1.32 bits per heavy atom. The molecular formula is C27H30BrN7O2. The van der Waals surface area contributed by atoms with E-state index in [1.807, 2.05) is 44.2 Å². The highest BCUT2D eigenvalue weighted by Gasteiger charge is 2.31. The second-order valence-corrected chi connectivity index (χ2v) is 9.52. The van der Waals surface area contributed by atoms with Crippen molar-refractivity contribution in [3.63, 3.8) is 0 Å². The number of pyridine rings is 1. The van der Waals surface area contributed by atoms with E-state index in [1.54, 1.807) is 18.6 Å². The lowest BCUT2D eigenvalue weighted by Gasteiger charge is -2.27. The molecule has 2 atom stereocenters. The van der Waals surface area contributed by atoms with Crippen LogP contribution < -0.4 is 16.0 Å². The maximum absolute atomic E-state index is 13.5. The normalized spacial score (nSPS) is 17.1. The van der Waals surface area contributed by atoms with Gasteiger partial charge in [-0.1, -0.05) is 38.5 Å². The van der Waals surface area contributed by atoms with E-state index in [0.29, 0.717) is 41.3 Å². The summed E-state index contributed by atoms with van der Waals surface area (Å²) in [5.41, 5.74) is 4.18. The highest BCUT2D eigenvalue weighted by molar-refractivity contribution is 9.10. The molecule has 0 saturated carbocycles. The number of benzene rings is 1. The largest absolute Gasteiger partial charge is 0.423 e. The van der Waals surface area contributed by atoms with Gasteiger partial charge in [-0.2, -0.15) is 4.98 Å². The van der Waals surface area contributed by atoms with Crippen molar-refractivity contribution in [2.45, 2.75) is 40.2 Å². The molecular weight excluding hydrogens is 534 g/mol. The van der Waals surface area contributed by atoms with Crippen LogP contribution in [0.5, 0.6) is 0 Å². The van der Waals surface area contributed by atoms with Gasteiger partial charge in [0.25, 0.3) is 5.91 Å². The number of amides is 1. The smallest absolute Gasteiger partial charge is 0.302 e. The molecule has 9 nitrogen and oxygen atoms in total. The predicted molar refractivity (Wildman–Crippen MR) is 150 cm³/mol. The number of oxazole rings is 1. The number of anilines is 1. The van der Waals surface area contributed by atoms with E-state index in [4.69, 9.17) is 9.41 Å². The Morgan fingerprint density at radius 3 is 2.86 bits per heavy atom. The molecule has 1 aliphatic heterocycles.